The topological polar surface area (TPSA) is 0 Å². The first kappa shape index (κ1) is 37.6. The van der Waals surface area contributed by atoms with E-state index in [0.717, 1.165) is 15.9 Å². The molecule has 0 bridgehead atoms. The predicted molar refractivity (Wildman–Crippen MR) is 199 cm³/mol. The second-order valence-electron chi connectivity index (χ2n) is 13.7. The van der Waals surface area contributed by atoms with Gasteiger partial charge in [0, 0.05) is 9.52 Å². The second kappa shape index (κ2) is 17.4. The Morgan fingerprint density at radius 2 is 1.42 bits per heavy atom. The number of fused-ring (bicyclic) bond motifs is 4. The molecule has 0 nitrogen and oxygen atoms in total. The van der Waals surface area contributed by atoms with E-state index >= 15 is 0 Å². The third kappa shape index (κ3) is 10.3. The molecular weight excluding hydrogens is 683 g/mol. The van der Waals surface area contributed by atoms with E-state index in [0.29, 0.717) is 0 Å². The van der Waals surface area contributed by atoms with Gasteiger partial charge in [0.05, 0.1) is 0 Å². The van der Waals surface area contributed by atoms with Crippen LogP contribution in [-0.2, 0) is 44.5 Å². The number of rotatable bonds is 3. The van der Waals surface area contributed by atoms with Crippen LogP contribution in [0.3, 0.4) is 0 Å². The summed E-state index contributed by atoms with van der Waals surface area (Å²) in [6.07, 6.45) is 3.40. The fourth-order valence-electron chi connectivity index (χ4n) is 5.63. The van der Waals surface area contributed by atoms with Crippen molar-refractivity contribution in [1.29, 1.82) is 0 Å². The number of halogens is 2. The number of benzene rings is 4. The molecule has 0 amide bonds. The quantitative estimate of drug-likeness (QED) is 0.126. The molecule has 5 aromatic carbocycles. The molecule has 1 aliphatic rings. The molecule has 6 rings (SSSR count). The molecule has 0 heterocycles. The summed E-state index contributed by atoms with van der Waals surface area (Å²) < 4.78 is 0. The first-order valence-corrected chi connectivity index (χ1v) is 24.2. The maximum atomic E-state index is 4.93. The summed E-state index contributed by atoms with van der Waals surface area (Å²) in [7, 11) is 11.0. The molecule has 0 unspecified atom stereocenters. The van der Waals surface area contributed by atoms with Gasteiger partial charge in [-0.25, -0.2) is 0 Å². The van der Waals surface area contributed by atoms with Gasteiger partial charge in [-0.05, 0) is 40.4 Å². The third-order valence-corrected chi connectivity index (χ3v) is 7.90. The van der Waals surface area contributed by atoms with Gasteiger partial charge in [-0.2, -0.15) is 29.8 Å². The van der Waals surface area contributed by atoms with Gasteiger partial charge in [0.1, 0.15) is 0 Å². The van der Waals surface area contributed by atoms with Crippen molar-refractivity contribution < 1.29 is 20.8 Å². The monoisotopic (exact) mass is 728 g/mol. The van der Waals surface area contributed by atoms with Crippen molar-refractivity contribution in [3.05, 3.63) is 125 Å². The van der Waals surface area contributed by atoms with Gasteiger partial charge in [0.15, 0.2) is 0 Å². The van der Waals surface area contributed by atoms with Gasteiger partial charge >= 0.3 is 37.9 Å². The van der Waals surface area contributed by atoms with Crippen LogP contribution in [0.5, 0.6) is 0 Å². The zero-order chi connectivity index (χ0) is 33.2. The van der Waals surface area contributed by atoms with Crippen molar-refractivity contribution in [3.63, 3.8) is 0 Å². The van der Waals surface area contributed by atoms with Crippen LogP contribution in [0.4, 0.5) is 0 Å². The van der Waals surface area contributed by atoms with Crippen molar-refractivity contribution in [2.75, 3.05) is 0 Å². The number of hydrogen-bond acceptors (Lipinski definition) is 0. The fourth-order valence-corrected chi connectivity index (χ4v) is 5.63. The van der Waals surface area contributed by atoms with E-state index < -0.39 is 20.8 Å². The van der Waals surface area contributed by atoms with E-state index in [-0.39, 0.29) is 10.8 Å². The van der Waals surface area contributed by atoms with Gasteiger partial charge in [-0.3, -0.25) is 0 Å². The summed E-state index contributed by atoms with van der Waals surface area (Å²) in [5.41, 5.74) is 12.8. The van der Waals surface area contributed by atoms with Crippen molar-refractivity contribution in [2.45, 2.75) is 91.7 Å². The number of aryl methyl sites for hydroxylation is 1. The molecule has 234 valence electrons. The minimum atomic E-state index is -0.826. The fraction of sp³-hybridized carbons (Fsp3) is 0.341. The molecule has 5 aromatic rings. The maximum absolute atomic E-state index is 4.93. The van der Waals surface area contributed by atoms with E-state index in [1.54, 1.807) is 0 Å². The zero-order valence-corrected chi connectivity index (χ0v) is 33.5. The molecule has 1 aliphatic carbocycles. The van der Waals surface area contributed by atoms with E-state index in [9.17, 15) is 0 Å². The van der Waals surface area contributed by atoms with Crippen molar-refractivity contribution in [1.82, 2.24) is 0 Å². The molecular formula is C41H48Cl2SiZr. The molecule has 0 N–H and O–H groups in total. The Labute approximate surface area is 294 Å². The Kier molecular flexibility index (Phi) is 14.5. The van der Waals surface area contributed by atoms with Gasteiger partial charge in [-0.15, -0.1) is 45.7 Å². The third-order valence-electron chi connectivity index (χ3n) is 7.90. The summed E-state index contributed by atoms with van der Waals surface area (Å²) in [4.78, 5) is 0. The molecule has 0 aliphatic heterocycles. The van der Waals surface area contributed by atoms with Crippen LogP contribution in [0, 0.1) is 6.07 Å². The van der Waals surface area contributed by atoms with E-state index in [4.69, 9.17) is 17.0 Å². The molecule has 2 radical (unpaired) electrons. The standard InChI is InChI=1S/C21H25.C18H17.C2H6Si.2ClH.Zr/c1-20(2,3)16-7-9-18-14(12-16)11-15-13-17(21(4,5)6)8-10-19(15)18;1-2-7-14-12-16-10-6-11-17(18(16)13-14)15-8-4-3-5-9-15;1-3-2;;;/h7-10,12H,11H2,1-6H3;3-6,8-13H,2,7H2,1H3;1-2H3;2*1H;/q2*-1;;;;+4/p-2. The first-order chi connectivity index (χ1) is 21.4. The minimum absolute atomic E-state index is 0.167. The van der Waals surface area contributed by atoms with Crippen molar-refractivity contribution >= 4 is 37.3 Å². The zero-order valence-electron chi connectivity index (χ0n) is 28.5. The molecule has 45 heavy (non-hydrogen) atoms. The molecule has 0 atom stereocenters. The molecule has 4 heteroatoms. The average molecular weight is 731 g/mol. The average Bonchev–Trinajstić information content (AvgIpc) is 3.58. The van der Waals surface area contributed by atoms with E-state index in [2.05, 4.69) is 159 Å². The Morgan fingerprint density at radius 1 is 0.778 bits per heavy atom. The molecule has 0 saturated heterocycles. The van der Waals surface area contributed by atoms with Gasteiger partial charge in [-0.1, -0.05) is 134 Å². The van der Waals surface area contributed by atoms with Crippen LogP contribution in [0.15, 0.2) is 91.0 Å². The van der Waals surface area contributed by atoms with Crippen LogP contribution in [0.2, 0.25) is 13.1 Å². The van der Waals surface area contributed by atoms with Gasteiger partial charge in [0.2, 0.25) is 0 Å². The normalized spacial score (nSPS) is 11.5. The molecule has 0 aromatic heterocycles. The summed E-state index contributed by atoms with van der Waals surface area (Å²) >= 11 is -0.826. The van der Waals surface area contributed by atoms with Gasteiger partial charge < -0.3 is 0 Å². The Balaban J connectivity index is 0.000000211. The van der Waals surface area contributed by atoms with Crippen molar-refractivity contribution in [3.8, 4) is 22.3 Å². The van der Waals surface area contributed by atoms with E-state index in [1.807, 2.05) is 0 Å². The first-order valence-electron chi connectivity index (χ1n) is 15.9. The Morgan fingerprint density at radius 3 is 2.02 bits per heavy atom. The predicted octanol–water partition coefficient (Wildman–Crippen LogP) is 13.0. The molecule has 0 saturated carbocycles. The van der Waals surface area contributed by atoms with Crippen LogP contribution < -0.4 is 0 Å². The Bertz CT molecular complexity index is 1580. The number of hydrogen-bond donors (Lipinski definition) is 0. The summed E-state index contributed by atoms with van der Waals surface area (Å²) in [6.45, 7) is 20.1. The van der Waals surface area contributed by atoms with Crippen LogP contribution >= 0.6 is 17.0 Å². The molecule has 0 spiro atoms. The van der Waals surface area contributed by atoms with Crippen molar-refractivity contribution in [2.24, 2.45) is 0 Å². The second-order valence-corrected chi connectivity index (χ2v) is 18.4. The van der Waals surface area contributed by atoms with Crippen LogP contribution in [0.1, 0.15) is 82.7 Å². The summed E-state index contributed by atoms with van der Waals surface area (Å²) in [5, 5.41) is 2.74. The van der Waals surface area contributed by atoms with Gasteiger partial charge in [0.25, 0.3) is 0 Å². The molecule has 0 fully saturated rings. The van der Waals surface area contributed by atoms with E-state index in [1.165, 1.54) is 73.7 Å². The van der Waals surface area contributed by atoms with Crippen LogP contribution in [0.25, 0.3) is 33.0 Å². The SMILES string of the molecule is CC(C)(C)c1[c-]c2c(cc1)-c1ccc(C(C)(C)C)cc1C2.CCCc1cc2c(-c3ccccc3)cccc2[cH-]1.C[Si]C.[Cl][Zr+2][Cl]. The summed E-state index contributed by atoms with van der Waals surface area (Å²) in [6, 6.07) is 37.1. The van der Waals surface area contributed by atoms with Crippen LogP contribution in [-0.4, -0.2) is 9.52 Å². The Hall–Kier alpha value is -1.83. The summed E-state index contributed by atoms with van der Waals surface area (Å²) in [5.74, 6) is 0.